The van der Waals surface area contributed by atoms with Gasteiger partial charge in [0.05, 0.1) is 38.5 Å². The Labute approximate surface area is 390 Å². The van der Waals surface area contributed by atoms with E-state index in [2.05, 4.69) is 51.6 Å². The summed E-state index contributed by atoms with van der Waals surface area (Å²) in [6.07, 6.45) is -1.90. The Bertz CT molecular complexity index is 2250. The molecule has 0 saturated heterocycles. The van der Waals surface area contributed by atoms with Crippen molar-refractivity contribution in [3.8, 4) is 11.5 Å². The molecule has 2 fully saturated rings. The molecule has 0 spiro atoms. The highest BCUT2D eigenvalue weighted by molar-refractivity contribution is 5.93. The van der Waals surface area contributed by atoms with Gasteiger partial charge in [-0.2, -0.15) is 26.3 Å². The molecular formula is C52H68F6N2O7. The summed E-state index contributed by atoms with van der Waals surface area (Å²) in [7, 11) is 0. The number of hydrogen-bond donors (Lipinski definition) is 2. The highest BCUT2D eigenvalue weighted by atomic mass is 19.4. The average Bonchev–Trinajstić information content (AvgIpc) is 3.25. The molecule has 15 heteroatoms. The predicted molar refractivity (Wildman–Crippen MR) is 249 cm³/mol. The van der Waals surface area contributed by atoms with E-state index in [-0.39, 0.29) is 70.3 Å². The fourth-order valence-electron chi connectivity index (χ4n) is 8.85. The molecule has 0 heterocycles. The molecule has 2 saturated carbocycles. The van der Waals surface area contributed by atoms with Crippen LogP contribution >= 0.6 is 0 Å². The number of aldehydes is 1. The molecule has 4 aromatic rings. The van der Waals surface area contributed by atoms with Crippen LogP contribution in [-0.2, 0) is 38.0 Å². The second-order valence-electron chi connectivity index (χ2n) is 19.4. The molecule has 0 aromatic heterocycles. The Morgan fingerprint density at radius 3 is 1.45 bits per heavy atom. The van der Waals surface area contributed by atoms with Crippen LogP contribution in [-0.4, -0.2) is 56.7 Å². The van der Waals surface area contributed by atoms with Crippen molar-refractivity contribution in [1.29, 1.82) is 0 Å². The number of nitrogens with two attached hydrogens (primary N) is 1. The Kier molecular flexibility index (Phi) is 19.5. The van der Waals surface area contributed by atoms with Gasteiger partial charge in [0.1, 0.15) is 28.9 Å². The fraction of sp³-hybridized carbons (Fsp3) is 0.558. The van der Waals surface area contributed by atoms with E-state index in [0.717, 1.165) is 56.9 Å². The fourth-order valence-corrected chi connectivity index (χ4v) is 8.85. The van der Waals surface area contributed by atoms with Crippen molar-refractivity contribution >= 4 is 39.8 Å². The highest BCUT2D eigenvalue weighted by Crippen LogP contribution is 2.46. The van der Waals surface area contributed by atoms with Gasteiger partial charge in [-0.3, -0.25) is 14.4 Å². The summed E-state index contributed by atoms with van der Waals surface area (Å²) < 4.78 is 105. The zero-order chi connectivity index (χ0) is 49.7. The first-order valence-electron chi connectivity index (χ1n) is 23.2. The quantitative estimate of drug-likeness (QED) is 0.0811. The van der Waals surface area contributed by atoms with E-state index < -0.39 is 23.5 Å². The van der Waals surface area contributed by atoms with Gasteiger partial charge in [-0.25, -0.2) is 0 Å². The standard InChI is InChI=1S/C26H34F3NO3.C22H25F3O2.C4H9NO2/c1-5-32-23(31)16-30-15-17-6-12-21-18(14-17)7-13-22(24(21)26(27,28)29)33-20-10-8-19(9-11-20)25(2,3)4;1-21(2,3)16-6-8-17(9-7-16)27-19-11-5-15-12-14(13-26)4-10-18(15)20(19)22(23,24)25;1-2-7-4(6)3-5/h6-7,12-14,19-20,30H,5,8-11,15-16H2,1-4H3;4-5,10-13,16-17H,6-9H2,1-3H3;2-3,5H2,1H3. The second kappa shape index (κ2) is 23.9. The van der Waals surface area contributed by atoms with Gasteiger partial charge in [-0.1, -0.05) is 77.9 Å². The van der Waals surface area contributed by atoms with E-state index >= 15 is 0 Å². The van der Waals surface area contributed by atoms with E-state index in [9.17, 15) is 40.7 Å². The van der Waals surface area contributed by atoms with E-state index in [1.807, 2.05) is 0 Å². The van der Waals surface area contributed by atoms with Crippen LogP contribution in [0.15, 0.2) is 60.7 Å². The van der Waals surface area contributed by atoms with E-state index in [4.69, 9.17) is 19.9 Å². The van der Waals surface area contributed by atoms with Gasteiger partial charge in [-0.15, -0.1) is 0 Å². The molecule has 2 aliphatic rings. The summed E-state index contributed by atoms with van der Waals surface area (Å²) in [5, 5.41) is 4.01. The Balaban J connectivity index is 0.000000260. The first-order valence-corrected chi connectivity index (χ1v) is 23.2. The van der Waals surface area contributed by atoms with Gasteiger partial charge in [0.15, 0.2) is 0 Å². The van der Waals surface area contributed by atoms with E-state index in [0.29, 0.717) is 54.2 Å². The van der Waals surface area contributed by atoms with Crippen molar-refractivity contribution in [2.45, 2.75) is 138 Å². The molecule has 9 nitrogen and oxygen atoms in total. The first-order chi connectivity index (χ1) is 31.4. The Morgan fingerprint density at radius 1 is 0.627 bits per heavy atom. The summed E-state index contributed by atoms with van der Waals surface area (Å²) in [6, 6.07) is 15.2. The van der Waals surface area contributed by atoms with Crippen LogP contribution in [0.2, 0.25) is 0 Å². The number of rotatable bonds is 12. The van der Waals surface area contributed by atoms with E-state index in [1.165, 1.54) is 36.4 Å². The molecule has 0 aliphatic heterocycles. The molecule has 0 amide bonds. The second-order valence-corrected chi connectivity index (χ2v) is 19.4. The minimum Gasteiger partial charge on any atom is -0.490 e. The molecule has 0 atom stereocenters. The predicted octanol–water partition coefficient (Wildman–Crippen LogP) is 12.7. The summed E-state index contributed by atoms with van der Waals surface area (Å²) in [6.45, 7) is 17.8. The van der Waals surface area contributed by atoms with Crippen molar-refractivity contribution in [3.05, 3.63) is 82.9 Å². The van der Waals surface area contributed by atoms with Crippen molar-refractivity contribution in [2.75, 3.05) is 26.3 Å². The summed E-state index contributed by atoms with van der Waals surface area (Å²) in [5.41, 5.74) is 4.96. The average molecular weight is 947 g/mol. The molecule has 3 N–H and O–H groups in total. The van der Waals surface area contributed by atoms with Crippen LogP contribution in [0.4, 0.5) is 26.3 Å². The number of halogens is 6. The lowest BCUT2D eigenvalue weighted by Gasteiger charge is -2.37. The van der Waals surface area contributed by atoms with E-state index in [1.54, 1.807) is 38.1 Å². The lowest BCUT2D eigenvalue weighted by molar-refractivity contribution is -0.142. The van der Waals surface area contributed by atoms with Crippen LogP contribution < -0.4 is 20.5 Å². The molecule has 0 unspecified atom stereocenters. The van der Waals surface area contributed by atoms with Gasteiger partial charge in [0.2, 0.25) is 0 Å². The number of benzene rings is 4. The zero-order valence-corrected chi connectivity index (χ0v) is 40.1. The van der Waals surface area contributed by atoms with Gasteiger partial charge >= 0.3 is 24.3 Å². The van der Waals surface area contributed by atoms with Crippen molar-refractivity contribution in [1.82, 2.24) is 5.32 Å². The molecule has 4 aromatic carbocycles. The summed E-state index contributed by atoms with van der Waals surface area (Å²) in [5.74, 6) is 0.207. The minimum absolute atomic E-state index is 0.0200. The van der Waals surface area contributed by atoms with Crippen molar-refractivity contribution in [2.24, 2.45) is 28.4 Å². The van der Waals surface area contributed by atoms with Crippen LogP contribution in [0.25, 0.3) is 21.5 Å². The molecule has 0 radical (unpaired) electrons. The zero-order valence-electron chi connectivity index (χ0n) is 40.1. The van der Waals surface area contributed by atoms with Gasteiger partial charge in [-0.05, 0) is 139 Å². The maximum Gasteiger partial charge on any atom is 0.420 e. The van der Waals surface area contributed by atoms with Crippen LogP contribution in [0.3, 0.4) is 0 Å². The number of alkyl halides is 6. The lowest BCUT2D eigenvalue weighted by atomic mass is 9.72. The van der Waals surface area contributed by atoms with Gasteiger partial charge < -0.3 is 30.0 Å². The largest absolute Gasteiger partial charge is 0.490 e. The monoisotopic (exact) mass is 946 g/mol. The Hall–Kier alpha value is -4.89. The number of hydrogen-bond acceptors (Lipinski definition) is 9. The normalized spacial score (nSPS) is 19.0. The molecular weight excluding hydrogens is 879 g/mol. The number of esters is 2. The van der Waals surface area contributed by atoms with Crippen LogP contribution in [0.5, 0.6) is 11.5 Å². The Morgan fingerprint density at radius 2 is 1.06 bits per heavy atom. The van der Waals surface area contributed by atoms with Crippen molar-refractivity contribution < 1.29 is 59.7 Å². The number of carbonyl (C=O) groups is 3. The molecule has 0 bridgehead atoms. The van der Waals surface area contributed by atoms with Gasteiger partial charge in [0.25, 0.3) is 0 Å². The third-order valence-corrected chi connectivity index (χ3v) is 12.5. The minimum atomic E-state index is -4.53. The number of fused-ring (bicyclic) bond motifs is 2. The maximum absolute atomic E-state index is 14.1. The molecule has 67 heavy (non-hydrogen) atoms. The summed E-state index contributed by atoms with van der Waals surface area (Å²) >= 11 is 0. The van der Waals surface area contributed by atoms with Gasteiger partial charge in [0, 0.05) is 12.1 Å². The molecule has 370 valence electrons. The number of nitrogens with one attached hydrogen (secondary N) is 1. The van der Waals surface area contributed by atoms with Crippen molar-refractivity contribution in [3.63, 3.8) is 0 Å². The third kappa shape index (κ3) is 16.1. The molecule has 6 rings (SSSR count). The lowest BCUT2D eigenvalue weighted by Crippen LogP contribution is -2.31. The molecule has 2 aliphatic carbocycles. The highest BCUT2D eigenvalue weighted by Gasteiger charge is 2.40. The maximum atomic E-state index is 14.1. The topological polar surface area (TPSA) is 126 Å². The number of carbonyl (C=O) groups excluding carboxylic acids is 3. The number of ether oxygens (including phenoxy) is 4. The van der Waals surface area contributed by atoms with Crippen LogP contribution in [0, 0.1) is 22.7 Å². The third-order valence-electron chi connectivity index (χ3n) is 12.5. The summed E-state index contributed by atoms with van der Waals surface area (Å²) in [4.78, 5) is 32.4. The smallest absolute Gasteiger partial charge is 0.420 e. The van der Waals surface area contributed by atoms with Crippen LogP contribution in [0.1, 0.15) is 134 Å². The SMILES string of the molecule is CC(C)(C)C1CCC(Oc2ccc3cc(C=O)ccc3c2C(F)(F)F)CC1.CCOC(=O)CN.CCOC(=O)CNCc1ccc2c(C(F)(F)F)c(OC3CCC(C(C)(C)C)CC3)ccc2c1. The first kappa shape index (κ1) is 54.7.